The van der Waals surface area contributed by atoms with Crippen molar-refractivity contribution in [1.82, 2.24) is 0 Å². The molecule has 49 heavy (non-hydrogen) atoms. The molecule has 0 bridgehead atoms. The Labute approximate surface area is 303 Å². The average molecular weight is 673 g/mol. The van der Waals surface area contributed by atoms with Crippen LogP contribution in [0.25, 0.3) is 21.5 Å². The maximum atomic E-state index is 6.63. The molecule has 0 heterocycles. The highest BCUT2D eigenvalue weighted by molar-refractivity contribution is 6.11. The molecule has 276 valence electrons. The lowest BCUT2D eigenvalue weighted by Gasteiger charge is -2.18. The monoisotopic (exact) mass is 673 g/mol. The lowest BCUT2D eigenvalue weighted by Crippen LogP contribution is -2.02. The predicted octanol–water partition coefficient (Wildman–Crippen LogP) is 16.0. The van der Waals surface area contributed by atoms with Crippen LogP contribution in [0.2, 0.25) is 0 Å². The molecule has 2 heteroatoms. The zero-order chi connectivity index (χ0) is 34.6. The van der Waals surface area contributed by atoms with Gasteiger partial charge in [0.15, 0.2) is 0 Å². The van der Waals surface area contributed by atoms with E-state index in [1.54, 1.807) is 0 Å². The number of benzene rings is 3. The van der Waals surface area contributed by atoms with E-state index < -0.39 is 0 Å². The van der Waals surface area contributed by atoms with Crippen LogP contribution >= 0.6 is 0 Å². The smallest absolute Gasteiger partial charge is 0.135 e. The summed E-state index contributed by atoms with van der Waals surface area (Å²) >= 11 is 0. The second-order valence-corrected chi connectivity index (χ2v) is 15.1. The van der Waals surface area contributed by atoms with Crippen molar-refractivity contribution in [3.05, 3.63) is 48.0 Å². The van der Waals surface area contributed by atoms with E-state index in [0.29, 0.717) is 0 Å². The Morgan fingerprint density at radius 1 is 0.347 bits per heavy atom. The normalized spacial score (nSPS) is 11.6. The SMILES string of the molecule is CCCCCCCCCCCCCCCCOc1c2ccccc2c(OCCCCCCCCCCCCCCCC)c2cc(C)ccc12. The zero-order valence-electron chi connectivity index (χ0n) is 32.6. The predicted molar refractivity (Wildman–Crippen MR) is 218 cm³/mol. The second kappa shape index (κ2) is 27.5. The van der Waals surface area contributed by atoms with E-state index in [1.807, 2.05) is 0 Å². The van der Waals surface area contributed by atoms with Gasteiger partial charge in [0.05, 0.1) is 13.2 Å². The van der Waals surface area contributed by atoms with Gasteiger partial charge in [-0.25, -0.2) is 0 Å². The van der Waals surface area contributed by atoms with E-state index in [1.165, 1.54) is 194 Å². The van der Waals surface area contributed by atoms with Crippen LogP contribution in [0.15, 0.2) is 42.5 Å². The number of ether oxygens (including phenoxy) is 2. The Hall–Kier alpha value is -2.22. The van der Waals surface area contributed by atoms with Gasteiger partial charge in [-0.2, -0.15) is 0 Å². The summed E-state index contributed by atoms with van der Waals surface area (Å²) in [5, 5.41) is 4.74. The van der Waals surface area contributed by atoms with Gasteiger partial charge in [0, 0.05) is 21.5 Å². The van der Waals surface area contributed by atoms with Gasteiger partial charge in [-0.1, -0.05) is 223 Å². The molecule has 0 saturated carbocycles. The molecule has 0 atom stereocenters. The summed E-state index contributed by atoms with van der Waals surface area (Å²) in [6.07, 6.45) is 38.5. The quantitative estimate of drug-likeness (QED) is 0.0485. The minimum atomic E-state index is 0.782. The molecule has 0 N–H and O–H groups in total. The topological polar surface area (TPSA) is 18.5 Å². The number of hydrogen-bond acceptors (Lipinski definition) is 2. The molecule has 0 aromatic heterocycles. The molecule has 0 aliphatic carbocycles. The Kier molecular flexibility index (Phi) is 23.1. The van der Waals surface area contributed by atoms with Crippen molar-refractivity contribution in [2.45, 2.75) is 201 Å². The summed E-state index contributed by atoms with van der Waals surface area (Å²) in [6, 6.07) is 15.5. The van der Waals surface area contributed by atoms with Gasteiger partial charge in [0.2, 0.25) is 0 Å². The molecule has 3 aromatic rings. The fraction of sp³-hybridized carbons (Fsp3) is 0.702. The van der Waals surface area contributed by atoms with Crippen LogP contribution in [0.3, 0.4) is 0 Å². The third-order valence-corrected chi connectivity index (χ3v) is 10.6. The van der Waals surface area contributed by atoms with E-state index in [9.17, 15) is 0 Å². The molecule has 0 fully saturated rings. The highest BCUT2D eigenvalue weighted by Gasteiger charge is 2.16. The molecule has 0 unspecified atom stereocenters. The first-order chi connectivity index (χ1) is 24.3. The maximum absolute atomic E-state index is 6.63. The molecule has 0 spiro atoms. The van der Waals surface area contributed by atoms with Gasteiger partial charge >= 0.3 is 0 Å². The molecule has 0 aliphatic rings. The van der Waals surface area contributed by atoms with Crippen molar-refractivity contribution in [3.63, 3.8) is 0 Å². The third-order valence-electron chi connectivity index (χ3n) is 10.6. The van der Waals surface area contributed by atoms with Crippen LogP contribution in [-0.4, -0.2) is 13.2 Å². The van der Waals surface area contributed by atoms with Gasteiger partial charge in [-0.05, 0) is 25.8 Å². The number of rotatable bonds is 32. The molecule has 0 aliphatic heterocycles. The Bertz CT molecular complexity index is 1230. The molecule has 0 radical (unpaired) electrons. The number of aryl methyl sites for hydroxylation is 1. The summed E-state index contributed by atoms with van der Waals surface area (Å²) in [5.41, 5.74) is 1.27. The summed E-state index contributed by atoms with van der Waals surface area (Å²) in [5.74, 6) is 2.07. The summed E-state index contributed by atoms with van der Waals surface area (Å²) in [6.45, 7) is 8.34. The van der Waals surface area contributed by atoms with Crippen molar-refractivity contribution >= 4 is 21.5 Å². The first-order valence-electron chi connectivity index (χ1n) is 21.5. The van der Waals surface area contributed by atoms with Crippen molar-refractivity contribution < 1.29 is 9.47 Å². The summed E-state index contributed by atoms with van der Waals surface area (Å²) in [7, 11) is 0. The lowest BCUT2D eigenvalue weighted by atomic mass is 9.99. The van der Waals surface area contributed by atoms with Crippen molar-refractivity contribution in [3.8, 4) is 11.5 Å². The fourth-order valence-electron chi connectivity index (χ4n) is 7.47. The number of hydrogen-bond donors (Lipinski definition) is 0. The van der Waals surface area contributed by atoms with Gasteiger partial charge in [-0.15, -0.1) is 0 Å². The summed E-state index contributed by atoms with van der Waals surface area (Å²) < 4.78 is 13.2. The molecule has 2 nitrogen and oxygen atoms in total. The highest BCUT2D eigenvalue weighted by Crippen LogP contribution is 2.43. The van der Waals surface area contributed by atoms with E-state index in [4.69, 9.17) is 9.47 Å². The maximum Gasteiger partial charge on any atom is 0.135 e. The van der Waals surface area contributed by atoms with Crippen LogP contribution in [0.5, 0.6) is 11.5 Å². The third kappa shape index (κ3) is 17.0. The van der Waals surface area contributed by atoms with Crippen LogP contribution in [-0.2, 0) is 0 Å². The minimum Gasteiger partial charge on any atom is -0.492 e. The van der Waals surface area contributed by atoms with Crippen molar-refractivity contribution in [2.75, 3.05) is 13.2 Å². The Morgan fingerprint density at radius 2 is 0.653 bits per heavy atom. The fourth-order valence-corrected chi connectivity index (χ4v) is 7.47. The molecular weight excluding hydrogens is 597 g/mol. The first-order valence-corrected chi connectivity index (χ1v) is 21.5. The lowest BCUT2D eigenvalue weighted by molar-refractivity contribution is 0.306. The van der Waals surface area contributed by atoms with Crippen LogP contribution < -0.4 is 9.47 Å². The van der Waals surface area contributed by atoms with E-state index >= 15 is 0 Å². The second-order valence-electron chi connectivity index (χ2n) is 15.1. The molecule has 3 aromatic carbocycles. The minimum absolute atomic E-state index is 0.782. The van der Waals surface area contributed by atoms with Gasteiger partial charge in [-0.3, -0.25) is 0 Å². The Balaban J connectivity index is 1.36. The number of unbranched alkanes of at least 4 members (excludes halogenated alkanes) is 26. The first kappa shape index (κ1) is 41.2. The van der Waals surface area contributed by atoms with Crippen molar-refractivity contribution in [2.24, 2.45) is 0 Å². The van der Waals surface area contributed by atoms with E-state index in [0.717, 1.165) is 37.6 Å². The van der Waals surface area contributed by atoms with E-state index in [2.05, 4.69) is 63.2 Å². The standard InChI is InChI=1S/C47H76O2/c1-4-6-8-10-12-14-16-18-20-22-24-26-28-32-38-48-46-42-34-30-31-35-43(42)47(45-40-41(3)36-37-44(45)46)49-39-33-29-27-25-23-21-19-17-15-13-11-9-7-5-2/h30-31,34-37,40H,4-29,32-33,38-39H2,1-3H3. The van der Waals surface area contributed by atoms with E-state index in [-0.39, 0.29) is 0 Å². The average Bonchev–Trinajstić information content (AvgIpc) is 3.12. The van der Waals surface area contributed by atoms with Gasteiger partial charge in [0.25, 0.3) is 0 Å². The van der Waals surface area contributed by atoms with Crippen molar-refractivity contribution in [1.29, 1.82) is 0 Å². The molecular formula is C47H76O2. The Morgan fingerprint density at radius 3 is 1.02 bits per heavy atom. The molecule has 0 saturated heterocycles. The largest absolute Gasteiger partial charge is 0.492 e. The van der Waals surface area contributed by atoms with Gasteiger partial charge < -0.3 is 9.47 Å². The highest BCUT2D eigenvalue weighted by atomic mass is 16.5. The number of fused-ring (bicyclic) bond motifs is 2. The zero-order valence-corrected chi connectivity index (χ0v) is 32.6. The molecule has 0 amide bonds. The van der Waals surface area contributed by atoms with Gasteiger partial charge in [0.1, 0.15) is 11.5 Å². The van der Waals surface area contributed by atoms with Crippen LogP contribution in [0, 0.1) is 6.92 Å². The van der Waals surface area contributed by atoms with Crippen LogP contribution in [0.1, 0.15) is 199 Å². The molecule has 3 rings (SSSR count). The van der Waals surface area contributed by atoms with Crippen LogP contribution in [0.4, 0.5) is 0 Å². The summed E-state index contributed by atoms with van der Waals surface area (Å²) in [4.78, 5) is 0.